The van der Waals surface area contributed by atoms with Gasteiger partial charge in [0.25, 0.3) is 0 Å². The van der Waals surface area contributed by atoms with Crippen molar-refractivity contribution in [2.75, 3.05) is 6.61 Å². The second-order valence-corrected chi connectivity index (χ2v) is 4.42. The molecular weight excluding hydrogens is 234 g/mol. The van der Waals surface area contributed by atoms with Crippen molar-refractivity contribution in [3.63, 3.8) is 0 Å². The maximum Gasteiger partial charge on any atom is 0.402 e. The summed E-state index contributed by atoms with van der Waals surface area (Å²) in [5.74, 6) is -0.917. The highest BCUT2D eigenvalue weighted by Gasteiger charge is 2.45. The van der Waals surface area contributed by atoms with Crippen molar-refractivity contribution in [3.05, 3.63) is 0 Å². The van der Waals surface area contributed by atoms with Crippen molar-refractivity contribution < 1.29 is 31.3 Å². The minimum atomic E-state index is -5.53. The first kappa shape index (κ1) is 14.2. The molecule has 0 atom stereocenters. The van der Waals surface area contributed by atoms with Gasteiger partial charge in [0.1, 0.15) is 0 Å². The predicted octanol–water partition coefficient (Wildman–Crippen LogP) is 1.20. The molecule has 0 rings (SSSR count). The van der Waals surface area contributed by atoms with Crippen LogP contribution in [-0.2, 0) is 19.6 Å². The van der Waals surface area contributed by atoms with E-state index in [2.05, 4.69) is 4.74 Å². The molecule has 0 aliphatic heterocycles. The average Bonchev–Trinajstić information content (AvgIpc) is 2.09. The first-order valence-corrected chi connectivity index (χ1v) is 5.65. The highest BCUT2D eigenvalue weighted by atomic mass is 32.2. The largest absolute Gasteiger partial charge is 0.458 e. The third-order valence-electron chi connectivity index (χ3n) is 1.51. The molecule has 0 aromatic carbocycles. The van der Waals surface area contributed by atoms with Crippen molar-refractivity contribution >= 4 is 16.1 Å². The van der Waals surface area contributed by atoms with Crippen LogP contribution in [0.4, 0.5) is 8.78 Å². The zero-order chi connectivity index (χ0) is 12.1. The molecule has 0 heterocycles. The van der Waals surface area contributed by atoms with Gasteiger partial charge in [-0.05, 0) is 6.42 Å². The van der Waals surface area contributed by atoms with Crippen LogP contribution in [0.15, 0.2) is 0 Å². The molecule has 0 amide bonds. The number of carbonyl (C=O) groups is 1. The SMILES string of the molecule is CCCCC(=O)OCC(F)(F)S(=O)(=O)O. The number of ether oxygens (including phenoxy) is 1. The Morgan fingerprint density at radius 1 is 1.47 bits per heavy atom. The van der Waals surface area contributed by atoms with E-state index in [1.54, 1.807) is 6.92 Å². The summed E-state index contributed by atoms with van der Waals surface area (Å²) < 4.78 is 57.3. The van der Waals surface area contributed by atoms with Crippen LogP contribution in [0.3, 0.4) is 0 Å². The summed E-state index contributed by atoms with van der Waals surface area (Å²) >= 11 is 0. The molecule has 0 saturated heterocycles. The zero-order valence-electron chi connectivity index (χ0n) is 8.07. The number of alkyl halides is 2. The van der Waals surface area contributed by atoms with Crippen LogP contribution in [0.5, 0.6) is 0 Å². The minimum absolute atomic E-state index is 0.0575. The van der Waals surface area contributed by atoms with Crippen molar-refractivity contribution in [3.8, 4) is 0 Å². The summed E-state index contributed by atoms with van der Waals surface area (Å²) in [6.45, 7) is 0.133. The van der Waals surface area contributed by atoms with Crippen molar-refractivity contribution in [2.45, 2.75) is 31.4 Å². The number of hydrogen-bond acceptors (Lipinski definition) is 4. The lowest BCUT2D eigenvalue weighted by atomic mass is 10.2. The van der Waals surface area contributed by atoms with Crippen molar-refractivity contribution in [1.29, 1.82) is 0 Å². The van der Waals surface area contributed by atoms with Gasteiger partial charge in [0.05, 0.1) is 0 Å². The second kappa shape index (κ2) is 5.36. The van der Waals surface area contributed by atoms with Gasteiger partial charge < -0.3 is 4.74 Å². The predicted molar refractivity (Wildman–Crippen MR) is 47.0 cm³/mol. The lowest BCUT2D eigenvalue weighted by Crippen LogP contribution is -2.34. The first-order chi connectivity index (χ1) is 6.70. The van der Waals surface area contributed by atoms with E-state index in [4.69, 9.17) is 4.55 Å². The van der Waals surface area contributed by atoms with Gasteiger partial charge in [-0.2, -0.15) is 17.2 Å². The van der Waals surface area contributed by atoms with E-state index in [-0.39, 0.29) is 6.42 Å². The fourth-order valence-electron chi connectivity index (χ4n) is 0.632. The number of rotatable bonds is 6. The Balaban J connectivity index is 4.11. The Kier molecular flexibility index (Phi) is 5.09. The zero-order valence-corrected chi connectivity index (χ0v) is 8.89. The van der Waals surface area contributed by atoms with E-state index in [0.717, 1.165) is 0 Å². The van der Waals surface area contributed by atoms with Crippen LogP contribution in [0.2, 0.25) is 0 Å². The monoisotopic (exact) mass is 246 g/mol. The number of esters is 1. The molecule has 15 heavy (non-hydrogen) atoms. The van der Waals surface area contributed by atoms with Gasteiger partial charge in [0.2, 0.25) is 0 Å². The molecule has 1 N–H and O–H groups in total. The van der Waals surface area contributed by atoms with Gasteiger partial charge in [-0.3, -0.25) is 9.35 Å². The summed E-state index contributed by atoms with van der Waals surface area (Å²) in [5.41, 5.74) is 0. The topological polar surface area (TPSA) is 80.7 Å². The Labute approximate surface area is 86.2 Å². The molecule has 0 radical (unpaired) electrons. The molecule has 0 unspecified atom stereocenters. The van der Waals surface area contributed by atoms with Gasteiger partial charge in [-0.1, -0.05) is 13.3 Å². The molecule has 0 spiro atoms. The summed E-state index contributed by atoms with van der Waals surface area (Å²) in [5, 5.41) is -4.45. The number of unbranched alkanes of at least 4 members (excludes halogenated alkanes) is 1. The Morgan fingerprint density at radius 2 is 2.00 bits per heavy atom. The summed E-state index contributed by atoms with van der Waals surface area (Å²) in [7, 11) is -5.53. The number of hydrogen-bond donors (Lipinski definition) is 1. The molecule has 0 fully saturated rings. The highest BCUT2D eigenvalue weighted by Crippen LogP contribution is 2.20. The summed E-state index contributed by atoms with van der Waals surface area (Å²) in [6.07, 6.45) is 1.10. The average molecular weight is 246 g/mol. The van der Waals surface area contributed by atoms with E-state index in [9.17, 15) is 22.0 Å². The number of halogens is 2. The quantitative estimate of drug-likeness (QED) is 0.562. The molecule has 0 aromatic rings. The van der Waals surface area contributed by atoms with Gasteiger partial charge in [-0.15, -0.1) is 0 Å². The van der Waals surface area contributed by atoms with E-state index >= 15 is 0 Å². The second-order valence-electron chi connectivity index (χ2n) is 2.88. The normalized spacial score (nSPS) is 12.5. The van der Waals surface area contributed by atoms with Crippen LogP contribution in [-0.4, -0.2) is 30.8 Å². The van der Waals surface area contributed by atoms with Crippen LogP contribution in [0.25, 0.3) is 0 Å². The fraction of sp³-hybridized carbons (Fsp3) is 0.857. The molecule has 0 bridgehead atoms. The fourth-order valence-corrected chi connectivity index (χ4v) is 0.840. The molecular formula is C7H12F2O5S. The Bertz CT molecular complexity index is 311. The Morgan fingerprint density at radius 3 is 2.40 bits per heavy atom. The van der Waals surface area contributed by atoms with Gasteiger partial charge in [0, 0.05) is 6.42 Å². The van der Waals surface area contributed by atoms with Crippen molar-refractivity contribution in [1.82, 2.24) is 0 Å². The van der Waals surface area contributed by atoms with Crippen LogP contribution in [0, 0.1) is 0 Å². The first-order valence-electron chi connectivity index (χ1n) is 4.21. The van der Waals surface area contributed by atoms with Crippen LogP contribution >= 0.6 is 0 Å². The lowest BCUT2D eigenvalue weighted by molar-refractivity contribution is -0.149. The third-order valence-corrected chi connectivity index (χ3v) is 2.39. The molecule has 0 saturated carbocycles. The molecule has 8 heteroatoms. The minimum Gasteiger partial charge on any atom is -0.458 e. The van der Waals surface area contributed by atoms with E-state index < -0.39 is 27.9 Å². The van der Waals surface area contributed by atoms with E-state index in [1.807, 2.05) is 0 Å². The molecule has 0 aromatic heterocycles. The molecule has 0 aliphatic rings. The maximum atomic E-state index is 12.5. The van der Waals surface area contributed by atoms with Crippen LogP contribution in [0.1, 0.15) is 26.2 Å². The molecule has 0 aliphatic carbocycles. The van der Waals surface area contributed by atoms with E-state index in [0.29, 0.717) is 12.8 Å². The third kappa shape index (κ3) is 5.03. The van der Waals surface area contributed by atoms with Crippen molar-refractivity contribution in [2.24, 2.45) is 0 Å². The maximum absolute atomic E-state index is 12.5. The standard InChI is InChI=1S/C7H12F2O5S/c1-2-3-4-6(10)14-5-7(8,9)15(11,12)13/h2-5H2,1H3,(H,11,12,13). The highest BCUT2D eigenvalue weighted by molar-refractivity contribution is 7.86. The Hall–Kier alpha value is -0.760. The van der Waals surface area contributed by atoms with Gasteiger partial charge in [0.15, 0.2) is 6.61 Å². The summed E-state index contributed by atoms with van der Waals surface area (Å²) in [4.78, 5) is 10.7. The van der Waals surface area contributed by atoms with Gasteiger partial charge in [-0.25, -0.2) is 0 Å². The lowest BCUT2D eigenvalue weighted by Gasteiger charge is -2.12. The van der Waals surface area contributed by atoms with Gasteiger partial charge >= 0.3 is 21.3 Å². The smallest absolute Gasteiger partial charge is 0.402 e. The van der Waals surface area contributed by atoms with Crippen LogP contribution < -0.4 is 0 Å². The summed E-state index contributed by atoms with van der Waals surface area (Å²) in [6, 6.07) is 0. The number of carbonyl (C=O) groups excluding carboxylic acids is 1. The molecule has 5 nitrogen and oxygen atoms in total. The molecule has 90 valence electrons. The van der Waals surface area contributed by atoms with E-state index in [1.165, 1.54) is 0 Å².